The lowest BCUT2D eigenvalue weighted by atomic mass is 10.3. The number of rotatable bonds is 4. The van der Waals surface area contributed by atoms with Gasteiger partial charge in [0.05, 0.1) is 6.54 Å². The maximum atomic E-state index is 11.3. The monoisotopic (exact) mass is 309 g/mol. The van der Waals surface area contributed by atoms with E-state index in [2.05, 4.69) is 6.58 Å². The Kier molecular flexibility index (Phi) is 4.67. The van der Waals surface area contributed by atoms with Crippen LogP contribution in [0.5, 0.6) is 0 Å². The highest BCUT2D eigenvalue weighted by Crippen LogP contribution is 2.15. The van der Waals surface area contributed by atoms with E-state index in [1.54, 1.807) is 13.0 Å². The molecule has 1 heterocycles. The Morgan fingerprint density at radius 3 is 2.78 bits per heavy atom. The second-order valence-electron chi connectivity index (χ2n) is 4.03. The van der Waals surface area contributed by atoms with Gasteiger partial charge in [0, 0.05) is 0 Å². The summed E-state index contributed by atoms with van der Waals surface area (Å²) in [5, 5.41) is 0. The first-order valence-corrected chi connectivity index (χ1v) is 5.52. The van der Waals surface area contributed by atoms with E-state index < -0.39 is 0 Å². The van der Waals surface area contributed by atoms with Crippen LogP contribution in [0.3, 0.4) is 0 Å². The van der Waals surface area contributed by atoms with E-state index in [4.69, 9.17) is 5.73 Å². The molecule has 0 aliphatic rings. The number of ketones is 1. The zero-order valence-corrected chi connectivity index (χ0v) is 11.9. The van der Waals surface area contributed by atoms with Gasteiger partial charge in [0.25, 0.3) is 0 Å². The molecular weight excluding hydrogens is 294 g/mol. The molecule has 4 nitrogen and oxygen atoms in total. The highest BCUT2D eigenvalue weighted by atomic mass is 79.9. The largest absolute Gasteiger partial charge is 1.00 e. The van der Waals surface area contributed by atoms with E-state index in [1.165, 1.54) is 0 Å². The molecule has 0 atom stereocenters. The van der Waals surface area contributed by atoms with Crippen LogP contribution in [0.4, 0.5) is 5.95 Å². The van der Waals surface area contributed by atoms with E-state index in [9.17, 15) is 4.79 Å². The fourth-order valence-electron chi connectivity index (χ4n) is 2.02. The number of para-hydroxylation sites is 2. The number of anilines is 1. The molecule has 5 heteroatoms. The maximum Gasteiger partial charge on any atom is 0.356 e. The van der Waals surface area contributed by atoms with Crippen molar-refractivity contribution < 1.29 is 26.3 Å². The molecule has 1 aromatic carbocycles. The fourth-order valence-corrected chi connectivity index (χ4v) is 2.02. The average Bonchev–Trinajstić information content (AvgIpc) is 2.55. The van der Waals surface area contributed by atoms with Crippen LogP contribution in [-0.4, -0.2) is 10.4 Å². The predicted octanol–water partition coefficient (Wildman–Crippen LogP) is -1.71. The molecule has 0 aliphatic heterocycles. The predicted molar refractivity (Wildman–Crippen MR) is 67.4 cm³/mol. The molecule has 0 bridgehead atoms. The first-order valence-electron chi connectivity index (χ1n) is 5.52. The smallest absolute Gasteiger partial charge is 0.356 e. The summed E-state index contributed by atoms with van der Waals surface area (Å²) in [5.74, 6) is 0.671. The van der Waals surface area contributed by atoms with Crippen LogP contribution < -0.4 is 27.3 Å². The van der Waals surface area contributed by atoms with Crippen LogP contribution in [0.1, 0.15) is 6.92 Å². The van der Waals surface area contributed by atoms with Crippen molar-refractivity contribution in [3.05, 3.63) is 36.9 Å². The number of allylic oxidation sites excluding steroid dienone is 1. The van der Waals surface area contributed by atoms with Crippen molar-refractivity contribution in [2.75, 3.05) is 5.73 Å². The number of fused-ring (bicyclic) bond motifs is 1. The zero-order valence-electron chi connectivity index (χ0n) is 10.3. The Morgan fingerprint density at radius 1 is 1.50 bits per heavy atom. The number of carbonyl (C=O) groups is 1. The van der Waals surface area contributed by atoms with E-state index in [-0.39, 0.29) is 22.8 Å². The average molecular weight is 310 g/mol. The number of nitrogens with two attached hydrogens (primary N) is 1. The molecule has 0 unspecified atom stereocenters. The summed E-state index contributed by atoms with van der Waals surface area (Å²) in [4.78, 5) is 11.3. The summed E-state index contributed by atoms with van der Waals surface area (Å²) in [6, 6.07) is 7.86. The van der Waals surface area contributed by atoms with Crippen molar-refractivity contribution in [1.82, 2.24) is 4.57 Å². The minimum Gasteiger partial charge on any atom is -1.00 e. The van der Waals surface area contributed by atoms with Gasteiger partial charge in [0.2, 0.25) is 0 Å². The molecule has 96 valence electrons. The van der Waals surface area contributed by atoms with Crippen LogP contribution in [-0.2, 0) is 17.9 Å². The number of halogens is 1. The molecule has 0 saturated heterocycles. The minimum atomic E-state index is 0. The van der Waals surface area contributed by atoms with Gasteiger partial charge in [-0.25, -0.2) is 9.13 Å². The Morgan fingerprint density at radius 2 is 2.17 bits per heavy atom. The first kappa shape index (κ1) is 14.4. The summed E-state index contributed by atoms with van der Waals surface area (Å²) in [7, 11) is 0. The number of imidazole rings is 1. The molecule has 2 N–H and O–H groups in total. The van der Waals surface area contributed by atoms with Crippen molar-refractivity contribution in [2.45, 2.75) is 20.0 Å². The van der Waals surface area contributed by atoms with Gasteiger partial charge >= 0.3 is 5.95 Å². The SMILES string of the molecule is C=CCn1c(N)[n+](CC(C)=O)c2ccccc21.[Br-]. The zero-order chi connectivity index (χ0) is 12.4. The standard InChI is InChI=1S/C13H15N3O.BrH/c1-3-8-15-11-6-4-5-7-12(11)16(13(15)14)9-10(2)17;/h3-7,14H,1,8-9H2,2H3;1H. The van der Waals surface area contributed by atoms with Crippen LogP contribution in [0.15, 0.2) is 36.9 Å². The minimum absolute atomic E-state index is 0. The Labute approximate surface area is 116 Å². The molecular formula is C13H16BrN3O. The Balaban J connectivity index is 0.00000162. The third-order valence-electron chi connectivity index (χ3n) is 2.71. The highest BCUT2D eigenvalue weighted by molar-refractivity contribution is 5.77. The van der Waals surface area contributed by atoms with Crippen molar-refractivity contribution in [1.29, 1.82) is 0 Å². The third kappa shape index (κ3) is 2.46. The lowest BCUT2D eigenvalue weighted by molar-refractivity contribution is -0.643. The Hall–Kier alpha value is -1.62. The van der Waals surface area contributed by atoms with Gasteiger partial charge in [-0.15, -0.1) is 0 Å². The number of hydrogen-bond donors (Lipinski definition) is 1. The molecule has 0 fully saturated rings. The molecule has 1 aromatic heterocycles. The van der Waals surface area contributed by atoms with Crippen molar-refractivity contribution in [3.8, 4) is 0 Å². The molecule has 0 spiro atoms. The normalized spacial score (nSPS) is 10.1. The van der Waals surface area contributed by atoms with Gasteiger partial charge in [-0.2, -0.15) is 0 Å². The van der Waals surface area contributed by atoms with Gasteiger partial charge in [0.1, 0.15) is 17.6 Å². The lowest BCUT2D eigenvalue weighted by Gasteiger charge is -1.97. The number of hydrogen-bond acceptors (Lipinski definition) is 2. The van der Waals surface area contributed by atoms with Gasteiger partial charge in [-0.1, -0.05) is 24.8 Å². The molecule has 18 heavy (non-hydrogen) atoms. The second kappa shape index (κ2) is 5.82. The van der Waals surface area contributed by atoms with Gasteiger partial charge < -0.3 is 17.0 Å². The molecule has 2 aromatic rings. The van der Waals surface area contributed by atoms with E-state index in [0.717, 1.165) is 11.0 Å². The third-order valence-corrected chi connectivity index (χ3v) is 2.71. The first-order chi connectivity index (χ1) is 8.15. The van der Waals surface area contributed by atoms with Gasteiger partial charge in [-0.3, -0.25) is 10.5 Å². The lowest BCUT2D eigenvalue weighted by Crippen LogP contribution is -3.00. The number of aromatic nitrogens is 2. The number of nitrogens with zero attached hydrogens (tertiary/aromatic N) is 2. The van der Waals surface area contributed by atoms with Crippen LogP contribution >= 0.6 is 0 Å². The van der Waals surface area contributed by atoms with Crippen LogP contribution in [0, 0.1) is 0 Å². The summed E-state index contributed by atoms with van der Waals surface area (Å²) in [6.45, 7) is 6.22. The molecule has 2 rings (SSSR count). The van der Waals surface area contributed by atoms with E-state index >= 15 is 0 Å². The molecule has 0 amide bonds. The van der Waals surface area contributed by atoms with E-state index in [1.807, 2.05) is 33.4 Å². The summed E-state index contributed by atoms with van der Waals surface area (Å²) in [5.41, 5.74) is 8.07. The second-order valence-corrected chi connectivity index (χ2v) is 4.03. The fraction of sp³-hybridized carbons (Fsp3) is 0.231. The van der Waals surface area contributed by atoms with Crippen LogP contribution in [0.25, 0.3) is 11.0 Å². The Bertz CT molecular complexity index is 589. The number of nitrogen functional groups attached to an aromatic ring is 1. The molecule has 0 radical (unpaired) electrons. The van der Waals surface area contributed by atoms with Crippen LogP contribution in [0.2, 0.25) is 0 Å². The van der Waals surface area contributed by atoms with Crippen molar-refractivity contribution in [2.24, 2.45) is 0 Å². The van der Waals surface area contributed by atoms with Gasteiger partial charge in [0.15, 0.2) is 5.78 Å². The number of carbonyl (C=O) groups excluding carboxylic acids is 1. The summed E-state index contributed by atoms with van der Waals surface area (Å²) >= 11 is 0. The number of Topliss-reactive ketones (excluding diaryl/α,β-unsaturated/α-hetero) is 1. The van der Waals surface area contributed by atoms with Crippen molar-refractivity contribution >= 4 is 22.8 Å². The number of benzene rings is 1. The molecule has 0 saturated carbocycles. The maximum absolute atomic E-state index is 11.3. The van der Waals surface area contributed by atoms with Crippen molar-refractivity contribution in [3.63, 3.8) is 0 Å². The molecule has 0 aliphatic carbocycles. The summed E-state index contributed by atoms with van der Waals surface area (Å²) < 4.78 is 3.78. The highest BCUT2D eigenvalue weighted by Gasteiger charge is 2.20. The quantitative estimate of drug-likeness (QED) is 0.540. The van der Waals surface area contributed by atoms with Gasteiger partial charge in [-0.05, 0) is 19.1 Å². The topological polar surface area (TPSA) is 51.9 Å². The summed E-state index contributed by atoms with van der Waals surface area (Å²) in [6.07, 6.45) is 1.79. The van der Waals surface area contributed by atoms with E-state index in [0.29, 0.717) is 19.0 Å².